The molecule has 0 aliphatic carbocycles. The minimum absolute atomic E-state index is 0.450. The number of hydrogen-bond acceptors (Lipinski definition) is 2. The predicted molar refractivity (Wildman–Crippen MR) is 105 cm³/mol. The number of aryl methyl sites for hydroxylation is 1. The summed E-state index contributed by atoms with van der Waals surface area (Å²) in [4.78, 5) is 12.3. The molecule has 0 fully saturated rings. The summed E-state index contributed by atoms with van der Waals surface area (Å²) in [5, 5.41) is 3.16. The minimum atomic E-state index is 0.450. The molecule has 0 bridgehead atoms. The number of imidazole rings is 1. The van der Waals surface area contributed by atoms with Crippen molar-refractivity contribution in [3.63, 3.8) is 0 Å². The Bertz CT molecular complexity index is 830. The van der Waals surface area contributed by atoms with Gasteiger partial charge in [0.15, 0.2) is 5.96 Å². The highest BCUT2D eigenvalue weighted by Gasteiger charge is 2.03. The molecule has 1 heterocycles. The maximum atomic E-state index is 5.99. The highest BCUT2D eigenvalue weighted by molar-refractivity contribution is 5.92. The molecule has 3 rings (SSSR count). The van der Waals surface area contributed by atoms with Gasteiger partial charge in [0, 0.05) is 18.7 Å². The van der Waals surface area contributed by atoms with E-state index in [0.29, 0.717) is 18.4 Å². The summed E-state index contributed by atoms with van der Waals surface area (Å²) in [7, 11) is 0. The number of para-hydroxylation sites is 2. The standard InChI is InChI=1S/C20H25N5/c1-14(2)15-7-5-8-16(13-15)23-20(21)22-12-6-11-19-24-17-9-3-4-10-18(17)25-19/h3-5,7-10,13-14H,6,11-12H2,1-2H3,(H,24,25)(H3,21,22,23). The van der Waals surface area contributed by atoms with Crippen LogP contribution in [0.25, 0.3) is 11.0 Å². The maximum absolute atomic E-state index is 5.99. The number of hydrogen-bond donors (Lipinski definition) is 3. The number of nitrogens with zero attached hydrogens (tertiary/aromatic N) is 2. The molecule has 25 heavy (non-hydrogen) atoms. The molecule has 2 aromatic carbocycles. The smallest absolute Gasteiger partial charge is 0.193 e. The fraction of sp³-hybridized carbons (Fsp3) is 0.300. The Kier molecular flexibility index (Phi) is 5.33. The molecular formula is C20H25N5. The van der Waals surface area contributed by atoms with Gasteiger partial charge in [0.25, 0.3) is 0 Å². The van der Waals surface area contributed by atoms with E-state index in [4.69, 9.17) is 5.73 Å². The number of anilines is 1. The predicted octanol–water partition coefficient (Wildman–Crippen LogP) is 4.05. The van der Waals surface area contributed by atoms with Crippen LogP contribution < -0.4 is 11.1 Å². The van der Waals surface area contributed by atoms with Gasteiger partial charge in [-0.05, 0) is 42.2 Å². The molecule has 5 heteroatoms. The number of benzene rings is 2. The molecule has 0 amide bonds. The van der Waals surface area contributed by atoms with Crippen LogP contribution in [0.4, 0.5) is 5.69 Å². The zero-order chi connectivity index (χ0) is 17.6. The molecule has 5 nitrogen and oxygen atoms in total. The Balaban J connectivity index is 1.50. The highest BCUT2D eigenvalue weighted by atomic mass is 15.1. The zero-order valence-electron chi connectivity index (χ0n) is 14.8. The normalized spacial score (nSPS) is 12.0. The minimum Gasteiger partial charge on any atom is -0.370 e. The fourth-order valence-electron chi connectivity index (χ4n) is 2.73. The zero-order valence-corrected chi connectivity index (χ0v) is 14.8. The summed E-state index contributed by atoms with van der Waals surface area (Å²) in [6.07, 6.45) is 1.75. The molecule has 130 valence electrons. The summed E-state index contributed by atoms with van der Waals surface area (Å²) in [5.74, 6) is 1.93. The Morgan fingerprint density at radius 3 is 2.84 bits per heavy atom. The van der Waals surface area contributed by atoms with Gasteiger partial charge in [0.1, 0.15) is 5.82 Å². The molecule has 0 aliphatic rings. The lowest BCUT2D eigenvalue weighted by atomic mass is 10.0. The monoisotopic (exact) mass is 335 g/mol. The first-order valence-corrected chi connectivity index (χ1v) is 8.72. The van der Waals surface area contributed by atoms with Crippen LogP contribution in [-0.4, -0.2) is 22.5 Å². The van der Waals surface area contributed by atoms with Crippen LogP contribution in [-0.2, 0) is 6.42 Å². The van der Waals surface area contributed by atoms with E-state index >= 15 is 0 Å². The van der Waals surface area contributed by atoms with E-state index in [-0.39, 0.29) is 0 Å². The number of aromatic amines is 1. The van der Waals surface area contributed by atoms with E-state index in [1.54, 1.807) is 0 Å². The first-order valence-electron chi connectivity index (χ1n) is 8.72. The van der Waals surface area contributed by atoms with Gasteiger partial charge in [-0.15, -0.1) is 0 Å². The molecule has 1 aromatic heterocycles. The van der Waals surface area contributed by atoms with E-state index in [1.807, 2.05) is 36.4 Å². The van der Waals surface area contributed by atoms with Crippen LogP contribution in [0, 0.1) is 0 Å². The molecular weight excluding hydrogens is 310 g/mol. The average Bonchev–Trinajstić information content (AvgIpc) is 3.02. The lowest BCUT2D eigenvalue weighted by Gasteiger charge is -2.09. The van der Waals surface area contributed by atoms with Crippen molar-refractivity contribution in [1.82, 2.24) is 9.97 Å². The number of aromatic nitrogens is 2. The highest BCUT2D eigenvalue weighted by Crippen LogP contribution is 2.18. The van der Waals surface area contributed by atoms with E-state index in [2.05, 4.69) is 46.3 Å². The summed E-state index contributed by atoms with van der Waals surface area (Å²) >= 11 is 0. The van der Waals surface area contributed by atoms with Gasteiger partial charge >= 0.3 is 0 Å². The van der Waals surface area contributed by atoms with Crippen molar-refractivity contribution in [2.45, 2.75) is 32.6 Å². The number of guanidine groups is 1. The second-order valence-corrected chi connectivity index (χ2v) is 6.48. The second-order valence-electron chi connectivity index (χ2n) is 6.48. The first kappa shape index (κ1) is 17.0. The average molecular weight is 335 g/mol. The van der Waals surface area contributed by atoms with Crippen LogP contribution in [0.2, 0.25) is 0 Å². The maximum Gasteiger partial charge on any atom is 0.193 e. The third-order valence-electron chi connectivity index (χ3n) is 4.12. The van der Waals surface area contributed by atoms with E-state index in [1.165, 1.54) is 5.56 Å². The molecule has 0 unspecified atom stereocenters. The van der Waals surface area contributed by atoms with Crippen LogP contribution in [0.15, 0.2) is 53.5 Å². The molecule has 0 radical (unpaired) electrons. The Morgan fingerprint density at radius 1 is 1.20 bits per heavy atom. The van der Waals surface area contributed by atoms with Crippen molar-refractivity contribution >= 4 is 22.7 Å². The van der Waals surface area contributed by atoms with E-state index in [0.717, 1.165) is 35.4 Å². The van der Waals surface area contributed by atoms with Crippen LogP contribution in [0.5, 0.6) is 0 Å². The molecule has 0 atom stereocenters. The van der Waals surface area contributed by atoms with Crippen molar-refractivity contribution < 1.29 is 0 Å². The van der Waals surface area contributed by atoms with Gasteiger partial charge in [-0.25, -0.2) is 4.98 Å². The van der Waals surface area contributed by atoms with Crippen molar-refractivity contribution in [3.8, 4) is 0 Å². The lowest BCUT2D eigenvalue weighted by Crippen LogP contribution is -2.23. The molecule has 0 aliphatic heterocycles. The molecule has 4 N–H and O–H groups in total. The number of H-pyrrole nitrogens is 1. The first-order chi connectivity index (χ1) is 12.1. The molecule has 0 saturated heterocycles. The van der Waals surface area contributed by atoms with Gasteiger partial charge in [-0.1, -0.05) is 38.1 Å². The van der Waals surface area contributed by atoms with Crippen molar-refractivity contribution in [2.24, 2.45) is 10.7 Å². The number of nitrogens with one attached hydrogen (secondary N) is 2. The Morgan fingerprint density at radius 2 is 2.04 bits per heavy atom. The van der Waals surface area contributed by atoms with Gasteiger partial charge in [-0.2, -0.15) is 0 Å². The van der Waals surface area contributed by atoms with Crippen LogP contribution >= 0.6 is 0 Å². The molecule has 0 saturated carbocycles. The van der Waals surface area contributed by atoms with Gasteiger partial charge in [-0.3, -0.25) is 4.99 Å². The number of nitrogens with two attached hydrogens (primary N) is 1. The quantitative estimate of drug-likeness (QED) is 0.361. The van der Waals surface area contributed by atoms with Gasteiger partial charge in [0.05, 0.1) is 11.0 Å². The third-order valence-corrected chi connectivity index (χ3v) is 4.12. The second kappa shape index (κ2) is 7.83. The Labute approximate surface area is 148 Å². The molecule has 0 spiro atoms. The number of aliphatic imine (C=N–C) groups is 1. The van der Waals surface area contributed by atoms with Crippen molar-refractivity contribution in [3.05, 3.63) is 59.9 Å². The topological polar surface area (TPSA) is 79.1 Å². The summed E-state index contributed by atoms with van der Waals surface area (Å²) in [6, 6.07) is 16.3. The van der Waals surface area contributed by atoms with Gasteiger partial charge < -0.3 is 16.0 Å². The lowest BCUT2D eigenvalue weighted by molar-refractivity contribution is 0.796. The summed E-state index contributed by atoms with van der Waals surface area (Å²) in [6.45, 7) is 5.02. The fourth-order valence-corrected chi connectivity index (χ4v) is 2.73. The van der Waals surface area contributed by atoms with E-state index < -0.39 is 0 Å². The van der Waals surface area contributed by atoms with Crippen LogP contribution in [0.1, 0.15) is 37.6 Å². The van der Waals surface area contributed by atoms with Crippen molar-refractivity contribution in [1.29, 1.82) is 0 Å². The van der Waals surface area contributed by atoms with Crippen molar-refractivity contribution in [2.75, 3.05) is 11.9 Å². The third kappa shape index (κ3) is 4.59. The number of rotatable bonds is 6. The number of fused-ring (bicyclic) bond motifs is 1. The van der Waals surface area contributed by atoms with Crippen LogP contribution in [0.3, 0.4) is 0 Å². The molecule has 3 aromatic rings. The summed E-state index contributed by atoms with van der Waals surface area (Å²) < 4.78 is 0. The van der Waals surface area contributed by atoms with Gasteiger partial charge in [0.2, 0.25) is 0 Å². The Hall–Kier alpha value is -2.82. The summed E-state index contributed by atoms with van der Waals surface area (Å²) in [5.41, 5.74) is 10.3. The largest absolute Gasteiger partial charge is 0.370 e. The SMILES string of the molecule is CC(C)c1cccc(NC(N)=NCCCc2nc3ccccc3[nH]2)c1. The van der Waals surface area contributed by atoms with E-state index in [9.17, 15) is 0 Å².